The van der Waals surface area contributed by atoms with E-state index in [1.807, 2.05) is 18.2 Å². The number of hydrogen-bond acceptors (Lipinski definition) is 5. The molecule has 6 nitrogen and oxygen atoms in total. The van der Waals surface area contributed by atoms with Crippen molar-refractivity contribution in [1.29, 1.82) is 5.26 Å². The van der Waals surface area contributed by atoms with Crippen LogP contribution < -0.4 is 5.73 Å². The molecular weight excluding hydrogens is 240 g/mol. The molecule has 0 atom stereocenters. The molecule has 0 radical (unpaired) electrons. The van der Waals surface area contributed by atoms with Gasteiger partial charge in [-0.2, -0.15) is 15.3 Å². The Morgan fingerprint density at radius 1 is 1.26 bits per heavy atom. The highest BCUT2D eigenvalue weighted by atomic mass is 15.3. The highest BCUT2D eigenvalue weighted by molar-refractivity contribution is 5.74. The molecule has 0 bridgehead atoms. The van der Waals surface area contributed by atoms with Crippen LogP contribution in [-0.4, -0.2) is 19.7 Å². The lowest BCUT2D eigenvalue weighted by Crippen LogP contribution is -2.05. The van der Waals surface area contributed by atoms with Gasteiger partial charge in [-0.15, -0.1) is 0 Å². The molecule has 0 spiro atoms. The van der Waals surface area contributed by atoms with Crippen LogP contribution >= 0.6 is 0 Å². The van der Waals surface area contributed by atoms with E-state index in [9.17, 15) is 0 Å². The van der Waals surface area contributed by atoms with Crippen LogP contribution in [0.5, 0.6) is 0 Å². The third kappa shape index (κ3) is 1.98. The lowest BCUT2D eigenvalue weighted by Gasteiger charge is -2.05. The Balaban J connectivity index is 2.06. The Labute approximate surface area is 109 Å². The molecule has 2 heterocycles. The summed E-state index contributed by atoms with van der Waals surface area (Å²) in [5.41, 5.74) is 7.78. The Kier molecular flexibility index (Phi) is 2.58. The van der Waals surface area contributed by atoms with Crippen LogP contribution in [0.3, 0.4) is 0 Å². The summed E-state index contributed by atoms with van der Waals surface area (Å²) < 4.78 is 1.71. The molecule has 0 aliphatic heterocycles. The van der Waals surface area contributed by atoms with Crippen LogP contribution in [0, 0.1) is 11.3 Å². The molecule has 2 aromatic heterocycles. The summed E-state index contributed by atoms with van der Waals surface area (Å²) >= 11 is 0. The quantitative estimate of drug-likeness (QED) is 0.740. The van der Waals surface area contributed by atoms with E-state index in [0.717, 1.165) is 10.9 Å². The first-order valence-electron chi connectivity index (χ1n) is 5.70. The van der Waals surface area contributed by atoms with Gasteiger partial charge >= 0.3 is 0 Å². The number of benzene rings is 1. The lowest BCUT2D eigenvalue weighted by atomic mass is 10.1. The minimum Gasteiger partial charge on any atom is -0.368 e. The molecule has 0 saturated heterocycles. The number of nitriles is 1. The summed E-state index contributed by atoms with van der Waals surface area (Å²) in [6.07, 6.45) is 3.32. The van der Waals surface area contributed by atoms with Crippen LogP contribution in [0.25, 0.3) is 11.0 Å². The molecule has 2 N–H and O–H groups in total. The van der Waals surface area contributed by atoms with Crippen LogP contribution in [0.15, 0.2) is 36.7 Å². The first kappa shape index (κ1) is 11.2. The summed E-state index contributed by atoms with van der Waals surface area (Å²) in [4.78, 5) is 8.09. The fraction of sp³-hybridized carbons (Fsp3) is 0.0769. The number of nitrogens with zero attached hydrogens (tertiary/aromatic N) is 5. The number of nitrogen functional groups attached to an aromatic ring is 1. The van der Waals surface area contributed by atoms with Crippen LogP contribution in [0.1, 0.15) is 11.1 Å². The number of nitrogens with two attached hydrogens (primary N) is 1. The Morgan fingerprint density at radius 3 is 2.95 bits per heavy atom. The van der Waals surface area contributed by atoms with Gasteiger partial charge in [0.25, 0.3) is 0 Å². The van der Waals surface area contributed by atoms with Gasteiger partial charge in [0.1, 0.15) is 0 Å². The van der Waals surface area contributed by atoms with Gasteiger partial charge < -0.3 is 5.73 Å². The minimum absolute atomic E-state index is 0.211. The summed E-state index contributed by atoms with van der Waals surface area (Å²) in [5.74, 6) is 0.211. The van der Waals surface area contributed by atoms with Crippen molar-refractivity contribution in [1.82, 2.24) is 19.7 Å². The summed E-state index contributed by atoms with van der Waals surface area (Å²) in [7, 11) is 0. The van der Waals surface area contributed by atoms with Gasteiger partial charge in [-0.1, -0.05) is 18.2 Å². The van der Waals surface area contributed by atoms with Gasteiger partial charge in [0.05, 0.1) is 29.8 Å². The summed E-state index contributed by atoms with van der Waals surface area (Å²) in [5, 5.41) is 14.2. The highest BCUT2D eigenvalue weighted by Crippen LogP contribution is 2.14. The van der Waals surface area contributed by atoms with Gasteiger partial charge in [0.15, 0.2) is 5.65 Å². The first-order valence-corrected chi connectivity index (χ1v) is 5.70. The van der Waals surface area contributed by atoms with E-state index >= 15 is 0 Å². The lowest BCUT2D eigenvalue weighted by molar-refractivity contribution is 0.703. The van der Waals surface area contributed by atoms with Crippen LogP contribution in [0.4, 0.5) is 5.95 Å². The highest BCUT2D eigenvalue weighted by Gasteiger charge is 2.08. The van der Waals surface area contributed by atoms with E-state index < -0.39 is 0 Å². The third-order valence-corrected chi connectivity index (χ3v) is 2.85. The maximum absolute atomic E-state index is 9.08. The van der Waals surface area contributed by atoms with Crippen molar-refractivity contribution >= 4 is 17.0 Å². The topological polar surface area (TPSA) is 93.4 Å². The van der Waals surface area contributed by atoms with Gasteiger partial charge in [0.2, 0.25) is 5.95 Å². The zero-order valence-corrected chi connectivity index (χ0v) is 9.98. The maximum atomic E-state index is 9.08. The number of fused-ring (bicyclic) bond motifs is 1. The SMILES string of the molecule is N#Cc1ccccc1Cn1ncc2cnc(N)nc21. The summed E-state index contributed by atoms with van der Waals surface area (Å²) in [6.45, 7) is 0.476. The molecule has 6 heteroatoms. The van der Waals surface area contributed by atoms with Crippen molar-refractivity contribution in [2.45, 2.75) is 6.54 Å². The van der Waals surface area contributed by atoms with Crippen LogP contribution in [-0.2, 0) is 6.54 Å². The maximum Gasteiger partial charge on any atom is 0.222 e. The Morgan fingerprint density at radius 2 is 2.11 bits per heavy atom. The second-order valence-electron chi connectivity index (χ2n) is 4.08. The molecule has 0 fully saturated rings. The average molecular weight is 250 g/mol. The first-order chi connectivity index (χ1) is 9.28. The largest absolute Gasteiger partial charge is 0.368 e. The van der Waals surface area contributed by atoms with Crippen molar-refractivity contribution in [2.24, 2.45) is 0 Å². The van der Waals surface area contributed by atoms with E-state index in [1.165, 1.54) is 0 Å². The molecule has 92 valence electrons. The number of rotatable bonds is 2. The Bertz CT molecular complexity index is 783. The molecule has 1 aromatic carbocycles. The fourth-order valence-electron chi connectivity index (χ4n) is 1.92. The monoisotopic (exact) mass is 250 g/mol. The fourth-order valence-corrected chi connectivity index (χ4v) is 1.92. The minimum atomic E-state index is 0.211. The molecule has 0 unspecified atom stereocenters. The zero-order chi connectivity index (χ0) is 13.2. The van der Waals surface area contributed by atoms with E-state index in [4.69, 9.17) is 11.0 Å². The predicted molar refractivity (Wildman–Crippen MR) is 70.0 cm³/mol. The summed E-state index contributed by atoms with van der Waals surface area (Å²) in [6, 6.07) is 9.58. The smallest absolute Gasteiger partial charge is 0.222 e. The van der Waals surface area contributed by atoms with Crippen molar-refractivity contribution in [3.63, 3.8) is 0 Å². The normalized spacial score (nSPS) is 10.5. The number of aromatic nitrogens is 4. The van der Waals surface area contributed by atoms with E-state index in [1.54, 1.807) is 23.1 Å². The second kappa shape index (κ2) is 4.38. The average Bonchev–Trinajstić information content (AvgIpc) is 2.82. The molecule has 19 heavy (non-hydrogen) atoms. The molecule has 3 rings (SSSR count). The van der Waals surface area contributed by atoms with Crippen molar-refractivity contribution < 1.29 is 0 Å². The van der Waals surface area contributed by atoms with E-state index in [-0.39, 0.29) is 5.95 Å². The molecule has 0 aliphatic carbocycles. The molecule has 0 aliphatic rings. The second-order valence-corrected chi connectivity index (χ2v) is 4.08. The standard InChI is InChI=1S/C13H10N6/c14-5-9-3-1-2-4-10(9)8-19-12-11(7-17-19)6-16-13(15)18-12/h1-4,6-7H,8H2,(H2,15,16,18). The van der Waals surface area contributed by atoms with Crippen molar-refractivity contribution in [3.8, 4) is 6.07 Å². The number of anilines is 1. The molecule has 3 aromatic rings. The molecular formula is C13H10N6. The van der Waals surface area contributed by atoms with Gasteiger partial charge in [0, 0.05) is 6.20 Å². The molecule has 0 saturated carbocycles. The van der Waals surface area contributed by atoms with E-state index in [0.29, 0.717) is 17.8 Å². The van der Waals surface area contributed by atoms with Crippen molar-refractivity contribution in [2.75, 3.05) is 5.73 Å². The Hall–Kier alpha value is -2.94. The zero-order valence-electron chi connectivity index (χ0n) is 9.98. The van der Waals surface area contributed by atoms with Gasteiger partial charge in [-0.25, -0.2) is 9.67 Å². The van der Waals surface area contributed by atoms with Gasteiger partial charge in [-0.3, -0.25) is 0 Å². The molecule has 0 amide bonds. The predicted octanol–water partition coefficient (Wildman–Crippen LogP) is 1.33. The van der Waals surface area contributed by atoms with Crippen LogP contribution in [0.2, 0.25) is 0 Å². The number of hydrogen-bond donors (Lipinski definition) is 1. The third-order valence-electron chi connectivity index (χ3n) is 2.85. The van der Waals surface area contributed by atoms with Gasteiger partial charge in [-0.05, 0) is 11.6 Å². The van der Waals surface area contributed by atoms with Crippen molar-refractivity contribution in [3.05, 3.63) is 47.8 Å². The van der Waals surface area contributed by atoms with E-state index in [2.05, 4.69) is 21.1 Å².